The van der Waals surface area contributed by atoms with E-state index < -0.39 is 0 Å². The lowest BCUT2D eigenvalue weighted by atomic mass is 10.2. The van der Waals surface area contributed by atoms with E-state index in [9.17, 15) is 0 Å². The fourth-order valence-corrected chi connectivity index (χ4v) is 1.85. The summed E-state index contributed by atoms with van der Waals surface area (Å²) in [5.74, 6) is 0. The van der Waals surface area contributed by atoms with Crippen molar-refractivity contribution in [2.45, 2.75) is 27.2 Å². The molecule has 0 atom stereocenters. The maximum absolute atomic E-state index is 4.57. The fourth-order valence-electron chi connectivity index (χ4n) is 1.85. The van der Waals surface area contributed by atoms with Crippen LogP contribution in [-0.4, -0.2) is 16.8 Å². The highest BCUT2D eigenvalue weighted by Gasteiger charge is 2.10. The van der Waals surface area contributed by atoms with Gasteiger partial charge in [-0.3, -0.25) is 0 Å². The van der Waals surface area contributed by atoms with Gasteiger partial charge in [-0.15, -0.1) is 0 Å². The minimum absolute atomic E-state index is 1.02. The molecule has 3 nitrogen and oxygen atoms in total. The van der Waals surface area contributed by atoms with Crippen LogP contribution in [0.2, 0.25) is 0 Å². The Balaban J connectivity index is 0.000000686. The normalized spacial score (nSPS) is 9.71. The predicted octanol–water partition coefficient (Wildman–Crippen LogP) is 2.63. The number of para-hydroxylation sites is 1. The van der Waals surface area contributed by atoms with Gasteiger partial charge in [-0.05, 0) is 45.0 Å². The monoisotopic (exact) mass is 231 g/mol. The average molecular weight is 231 g/mol. The summed E-state index contributed by atoms with van der Waals surface area (Å²) in [4.78, 5) is 0. The molecule has 1 aromatic carbocycles. The number of rotatable bonds is 2. The SMILES string of the molecule is CCc1c(C)c(C)nn1-c1ccccc1.CN. The van der Waals surface area contributed by atoms with Crippen molar-refractivity contribution in [2.75, 3.05) is 7.05 Å². The van der Waals surface area contributed by atoms with Crippen molar-refractivity contribution in [3.05, 3.63) is 47.3 Å². The van der Waals surface area contributed by atoms with Gasteiger partial charge in [-0.2, -0.15) is 5.10 Å². The standard InChI is InChI=1S/C13H16N2.CH5N/c1-4-13-10(2)11(3)14-15(13)12-8-6-5-7-9-12;1-2/h5-9H,4H2,1-3H3;2H2,1H3. The third kappa shape index (κ3) is 2.74. The summed E-state index contributed by atoms with van der Waals surface area (Å²) in [6.45, 7) is 6.37. The Bertz CT molecular complexity index is 458. The number of benzene rings is 1. The zero-order valence-corrected chi connectivity index (χ0v) is 11.1. The molecule has 2 N–H and O–H groups in total. The highest BCUT2D eigenvalue weighted by molar-refractivity contribution is 5.36. The number of aryl methyl sites for hydroxylation is 1. The molecule has 0 aliphatic heterocycles. The molecule has 1 aromatic heterocycles. The van der Waals surface area contributed by atoms with Gasteiger partial charge >= 0.3 is 0 Å². The topological polar surface area (TPSA) is 43.8 Å². The molecule has 0 saturated carbocycles. The highest BCUT2D eigenvalue weighted by atomic mass is 15.3. The zero-order valence-electron chi connectivity index (χ0n) is 11.1. The quantitative estimate of drug-likeness (QED) is 0.863. The van der Waals surface area contributed by atoms with Crippen LogP contribution in [0.25, 0.3) is 5.69 Å². The first-order valence-electron chi connectivity index (χ1n) is 5.92. The Labute approximate surface area is 103 Å². The molecule has 1 heterocycles. The second kappa shape index (κ2) is 6.21. The van der Waals surface area contributed by atoms with E-state index in [1.165, 1.54) is 18.3 Å². The molecule has 0 radical (unpaired) electrons. The molecule has 2 rings (SSSR count). The van der Waals surface area contributed by atoms with Crippen molar-refractivity contribution in [3.63, 3.8) is 0 Å². The number of hydrogen-bond acceptors (Lipinski definition) is 2. The van der Waals surface area contributed by atoms with Crippen LogP contribution in [0, 0.1) is 13.8 Å². The van der Waals surface area contributed by atoms with E-state index in [1.807, 2.05) is 22.9 Å². The van der Waals surface area contributed by atoms with Crippen LogP contribution in [0.1, 0.15) is 23.9 Å². The summed E-state index contributed by atoms with van der Waals surface area (Å²) < 4.78 is 2.05. The first kappa shape index (κ1) is 13.5. The van der Waals surface area contributed by atoms with Gasteiger partial charge in [0.1, 0.15) is 0 Å². The van der Waals surface area contributed by atoms with E-state index in [0.29, 0.717) is 0 Å². The van der Waals surface area contributed by atoms with Gasteiger partial charge in [0.25, 0.3) is 0 Å². The Kier molecular flexibility index (Phi) is 4.91. The molecule has 3 heteroatoms. The number of hydrogen-bond donors (Lipinski definition) is 1. The van der Waals surface area contributed by atoms with Crippen molar-refractivity contribution >= 4 is 0 Å². The van der Waals surface area contributed by atoms with Gasteiger partial charge in [-0.1, -0.05) is 25.1 Å². The Morgan fingerprint density at radius 2 is 1.71 bits per heavy atom. The third-order valence-electron chi connectivity index (χ3n) is 2.82. The van der Waals surface area contributed by atoms with E-state index in [1.54, 1.807) is 0 Å². The summed E-state index contributed by atoms with van der Waals surface area (Å²) in [6.07, 6.45) is 1.02. The highest BCUT2D eigenvalue weighted by Crippen LogP contribution is 2.17. The Hall–Kier alpha value is -1.61. The summed E-state index contributed by atoms with van der Waals surface area (Å²) in [5.41, 5.74) is 9.38. The minimum atomic E-state index is 1.02. The van der Waals surface area contributed by atoms with E-state index in [-0.39, 0.29) is 0 Å². The Morgan fingerprint density at radius 1 is 1.12 bits per heavy atom. The summed E-state index contributed by atoms with van der Waals surface area (Å²) in [7, 11) is 1.50. The van der Waals surface area contributed by atoms with Crippen molar-refractivity contribution in [1.82, 2.24) is 9.78 Å². The molecule has 0 saturated heterocycles. The van der Waals surface area contributed by atoms with Crippen molar-refractivity contribution < 1.29 is 0 Å². The second-order valence-electron chi connectivity index (χ2n) is 3.76. The molecule has 17 heavy (non-hydrogen) atoms. The van der Waals surface area contributed by atoms with Crippen LogP contribution < -0.4 is 5.73 Å². The molecule has 0 bridgehead atoms. The van der Waals surface area contributed by atoms with Gasteiger partial charge in [-0.25, -0.2) is 4.68 Å². The minimum Gasteiger partial charge on any atom is -0.333 e. The summed E-state index contributed by atoms with van der Waals surface area (Å²) >= 11 is 0. The maximum atomic E-state index is 4.57. The van der Waals surface area contributed by atoms with Crippen molar-refractivity contribution in [2.24, 2.45) is 5.73 Å². The lowest BCUT2D eigenvalue weighted by Gasteiger charge is -2.05. The molecule has 0 amide bonds. The second-order valence-corrected chi connectivity index (χ2v) is 3.76. The molecule has 0 fully saturated rings. The summed E-state index contributed by atoms with van der Waals surface area (Å²) in [6, 6.07) is 10.3. The van der Waals surface area contributed by atoms with Crippen LogP contribution in [0.4, 0.5) is 0 Å². The van der Waals surface area contributed by atoms with E-state index in [2.05, 4.69) is 43.7 Å². The fraction of sp³-hybridized carbons (Fsp3) is 0.357. The maximum Gasteiger partial charge on any atom is 0.0649 e. The van der Waals surface area contributed by atoms with E-state index in [0.717, 1.165) is 17.8 Å². The third-order valence-corrected chi connectivity index (χ3v) is 2.82. The molecule has 0 aliphatic rings. The van der Waals surface area contributed by atoms with Gasteiger partial charge in [0.2, 0.25) is 0 Å². The lowest BCUT2D eigenvalue weighted by molar-refractivity contribution is 0.803. The largest absolute Gasteiger partial charge is 0.333 e. The van der Waals surface area contributed by atoms with Gasteiger partial charge in [0.15, 0.2) is 0 Å². The van der Waals surface area contributed by atoms with Crippen LogP contribution in [0.15, 0.2) is 30.3 Å². The first-order valence-corrected chi connectivity index (χ1v) is 5.92. The van der Waals surface area contributed by atoms with Crippen LogP contribution in [0.5, 0.6) is 0 Å². The number of aromatic nitrogens is 2. The van der Waals surface area contributed by atoms with Crippen LogP contribution in [-0.2, 0) is 6.42 Å². The van der Waals surface area contributed by atoms with E-state index >= 15 is 0 Å². The number of nitrogens with zero attached hydrogens (tertiary/aromatic N) is 2. The summed E-state index contributed by atoms with van der Waals surface area (Å²) in [5, 5.41) is 4.57. The number of nitrogens with two attached hydrogens (primary N) is 1. The molecule has 0 unspecified atom stereocenters. The van der Waals surface area contributed by atoms with Crippen molar-refractivity contribution in [1.29, 1.82) is 0 Å². The first-order chi connectivity index (χ1) is 8.24. The van der Waals surface area contributed by atoms with Crippen molar-refractivity contribution in [3.8, 4) is 5.69 Å². The molecule has 2 aromatic rings. The zero-order chi connectivity index (χ0) is 12.8. The van der Waals surface area contributed by atoms with E-state index in [4.69, 9.17) is 0 Å². The lowest BCUT2D eigenvalue weighted by Crippen LogP contribution is -2.01. The Morgan fingerprint density at radius 3 is 2.24 bits per heavy atom. The molecule has 92 valence electrons. The molecule has 0 spiro atoms. The molecule has 0 aliphatic carbocycles. The van der Waals surface area contributed by atoms with Gasteiger partial charge in [0, 0.05) is 5.69 Å². The van der Waals surface area contributed by atoms with Crippen LogP contribution in [0.3, 0.4) is 0 Å². The smallest absolute Gasteiger partial charge is 0.0649 e. The molecular weight excluding hydrogens is 210 g/mol. The predicted molar refractivity (Wildman–Crippen MR) is 72.5 cm³/mol. The van der Waals surface area contributed by atoms with Crippen LogP contribution >= 0.6 is 0 Å². The van der Waals surface area contributed by atoms with Gasteiger partial charge < -0.3 is 5.73 Å². The average Bonchev–Trinajstić information content (AvgIpc) is 2.69. The van der Waals surface area contributed by atoms with Gasteiger partial charge in [0.05, 0.1) is 11.4 Å². The molecular formula is C14H21N3.